The summed E-state index contributed by atoms with van der Waals surface area (Å²) in [4.78, 5) is 31.4. The van der Waals surface area contributed by atoms with E-state index in [4.69, 9.17) is 5.73 Å². The molecule has 1 fully saturated rings. The normalized spacial score (nSPS) is 15.6. The van der Waals surface area contributed by atoms with Gasteiger partial charge in [0.1, 0.15) is 5.82 Å². The van der Waals surface area contributed by atoms with Crippen LogP contribution < -0.4 is 10.6 Å². The summed E-state index contributed by atoms with van der Waals surface area (Å²) >= 11 is 0. The zero-order valence-corrected chi connectivity index (χ0v) is 13.3. The van der Waals surface area contributed by atoms with Gasteiger partial charge in [-0.05, 0) is 37.8 Å². The number of nitrogens with zero attached hydrogens (tertiary/aromatic N) is 3. The number of carbonyl (C=O) groups is 2. The zero-order chi connectivity index (χ0) is 16.1. The highest BCUT2D eigenvalue weighted by molar-refractivity contribution is 5.96. The van der Waals surface area contributed by atoms with Gasteiger partial charge in [0.25, 0.3) is 5.91 Å². The van der Waals surface area contributed by atoms with Crippen molar-refractivity contribution in [2.75, 3.05) is 31.1 Å². The minimum Gasteiger partial charge on any atom is -0.368 e. The molecule has 2 amide bonds. The molecule has 0 spiro atoms. The van der Waals surface area contributed by atoms with Gasteiger partial charge in [-0.3, -0.25) is 9.59 Å². The second-order valence-corrected chi connectivity index (χ2v) is 5.86. The average Bonchev–Trinajstić information content (AvgIpc) is 2.52. The minimum atomic E-state index is -0.512. The molecule has 1 aromatic rings. The van der Waals surface area contributed by atoms with E-state index in [1.54, 1.807) is 12.3 Å². The first-order valence-corrected chi connectivity index (χ1v) is 7.79. The van der Waals surface area contributed by atoms with Crippen molar-refractivity contribution >= 4 is 17.6 Å². The van der Waals surface area contributed by atoms with Crippen LogP contribution >= 0.6 is 0 Å². The van der Waals surface area contributed by atoms with Crippen LogP contribution in [0, 0.1) is 5.92 Å². The van der Waals surface area contributed by atoms with Gasteiger partial charge in [0.05, 0.1) is 12.1 Å². The van der Waals surface area contributed by atoms with E-state index in [0.717, 1.165) is 24.8 Å². The number of likely N-dealkylation sites (N-methyl/N-ethyl adjacent to an activating group) is 1. The standard InChI is InChI=1S/C16H24N4O2/c1-3-19(11-14(17)21)16(22)13-4-5-15(18-10-13)20-8-6-12(2)7-9-20/h4-5,10,12H,3,6-9,11H2,1-2H3,(H2,17,21). The molecule has 2 N–H and O–H groups in total. The van der Waals surface area contributed by atoms with E-state index >= 15 is 0 Å². The molecule has 22 heavy (non-hydrogen) atoms. The third-order valence-corrected chi connectivity index (χ3v) is 4.12. The SMILES string of the molecule is CCN(CC(N)=O)C(=O)c1ccc(N2CCC(C)CC2)nc1. The fourth-order valence-corrected chi connectivity index (χ4v) is 2.64. The highest BCUT2D eigenvalue weighted by Gasteiger charge is 2.19. The molecule has 1 aliphatic rings. The Morgan fingerprint density at radius 2 is 2.05 bits per heavy atom. The van der Waals surface area contributed by atoms with Crippen LogP contribution in [0.15, 0.2) is 18.3 Å². The number of nitrogens with two attached hydrogens (primary N) is 1. The molecule has 0 unspecified atom stereocenters. The Kier molecular flexibility index (Phi) is 5.35. The molecule has 0 aliphatic carbocycles. The van der Waals surface area contributed by atoms with Gasteiger partial charge in [-0.25, -0.2) is 4.98 Å². The Balaban J connectivity index is 2.04. The molecule has 6 nitrogen and oxygen atoms in total. The van der Waals surface area contributed by atoms with Crippen LogP contribution in [-0.2, 0) is 4.79 Å². The molecule has 0 radical (unpaired) electrons. The molecule has 6 heteroatoms. The number of pyridine rings is 1. The third kappa shape index (κ3) is 3.96. The van der Waals surface area contributed by atoms with Crippen molar-refractivity contribution in [1.82, 2.24) is 9.88 Å². The van der Waals surface area contributed by atoms with Crippen molar-refractivity contribution in [3.05, 3.63) is 23.9 Å². The van der Waals surface area contributed by atoms with Crippen molar-refractivity contribution in [1.29, 1.82) is 0 Å². The number of primary amides is 1. The monoisotopic (exact) mass is 304 g/mol. The zero-order valence-electron chi connectivity index (χ0n) is 13.3. The largest absolute Gasteiger partial charge is 0.368 e. The van der Waals surface area contributed by atoms with E-state index in [-0.39, 0.29) is 12.5 Å². The van der Waals surface area contributed by atoms with Crippen LogP contribution in [0.3, 0.4) is 0 Å². The lowest BCUT2D eigenvalue weighted by Gasteiger charge is -2.31. The summed E-state index contributed by atoms with van der Waals surface area (Å²) in [6.07, 6.45) is 3.93. The maximum absolute atomic E-state index is 12.3. The van der Waals surface area contributed by atoms with Crippen LogP contribution in [0.1, 0.15) is 37.0 Å². The molecule has 120 valence electrons. The van der Waals surface area contributed by atoms with Gasteiger partial charge in [0.15, 0.2) is 0 Å². The molecule has 0 aromatic carbocycles. The molecular weight excluding hydrogens is 280 g/mol. The van der Waals surface area contributed by atoms with Crippen LogP contribution in [0.25, 0.3) is 0 Å². The highest BCUT2D eigenvalue weighted by atomic mass is 16.2. The number of hydrogen-bond donors (Lipinski definition) is 1. The summed E-state index contributed by atoms with van der Waals surface area (Å²) in [5.41, 5.74) is 5.65. The maximum atomic E-state index is 12.3. The van der Waals surface area contributed by atoms with Gasteiger partial charge >= 0.3 is 0 Å². The number of hydrogen-bond acceptors (Lipinski definition) is 4. The Bertz CT molecular complexity index is 521. The first-order valence-electron chi connectivity index (χ1n) is 7.79. The lowest BCUT2D eigenvalue weighted by atomic mass is 9.99. The molecular formula is C16H24N4O2. The first kappa shape index (κ1) is 16.3. The number of rotatable bonds is 5. The fraction of sp³-hybridized carbons (Fsp3) is 0.562. The van der Waals surface area contributed by atoms with Crippen LogP contribution in [0.5, 0.6) is 0 Å². The molecule has 0 bridgehead atoms. The lowest BCUT2D eigenvalue weighted by Crippen LogP contribution is -2.38. The molecule has 0 atom stereocenters. The minimum absolute atomic E-state index is 0.0684. The Morgan fingerprint density at radius 3 is 2.55 bits per heavy atom. The van der Waals surface area contributed by atoms with Crippen molar-refractivity contribution in [3.8, 4) is 0 Å². The van der Waals surface area contributed by atoms with Crippen LogP contribution in [0.2, 0.25) is 0 Å². The molecule has 0 saturated carbocycles. The van der Waals surface area contributed by atoms with Crippen molar-refractivity contribution < 1.29 is 9.59 Å². The predicted octanol–water partition coefficient (Wildman–Crippen LogP) is 1.27. The van der Waals surface area contributed by atoms with Gasteiger partial charge in [-0.2, -0.15) is 0 Å². The van der Waals surface area contributed by atoms with E-state index in [2.05, 4.69) is 16.8 Å². The Labute approximate surface area is 131 Å². The summed E-state index contributed by atoms with van der Waals surface area (Å²) in [6.45, 7) is 6.46. The Morgan fingerprint density at radius 1 is 1.36 bits per heavy atom. The van der Waals surface area contributed by atoms with Crippen molar-refractivity contribution in [3.63, 3.8) is 0 Å². The summed E-state index contributed by atoms with van der Waals surface area (Å²) in [7, 11) is 0. The van der Waals surface area contributed by atoms with E-state index in [9.17, 15) is 9.59 Å². The number of piperidine rings is 1. The molecule has 1 saturated heterocycles. The van der Waals surface area contributed by atoms with E-state index in [1.165, 1.54) is 17.7 Å². The lowest BCUT2D eigenvalue weighted by molar-refractivity contribution is -0.118. The fourth-order valence-electron chi connectivity index (χ4n) is 2.64. The summed E-state index contributed by atoms with van der Waals surface area (Å²) in [5, 5.41) is 0. The maximum Gasteiger partial charge on any atom is 0.255 e. The van der Waals surface area contributed by atoms with Gasteiger partial charge < -0.3 is 15.5 Å². The molecule has 1 aliphatic heterocycles. The van der Waals surface area contributed by atoms with E-state index in [1.807, 2.05) is 13.0 Å². The number of aromatic nitrogens is 1. The van der Waals surface area contributed by atoms with Gasteiger partial charge in [0.2, 0.25) is 5.91 Å². The van der Waals surface area contributed by atoms with Gasteiger partial charge in [-0.1, -0.05) is 6.92 Å². The summed E-state index contributed by atoms with van der Waals surface area (Å²) in [6, 6.07) is 3.65. The van der Waals surface area contributed by atoms with E-state index < -0.39 is 5.91 Å². The summed E-state index contributed by atoms with van der Waals surface area (Å²) in [5.74, 6) is 0.945. The molecule has 1 aromatic heterocycles. The van der Waals surface area contributed by atoms with Crippen LogP contribution in [0.4, 0.5) is 5.82 Å². The highest BCUT2D eigenvalue weighted by Crippen LogP contribution is 2.21. The molecule has 2 rings (SSSR count). The van der Waals surface area contributed by atoms with E-state index in [0.29, 0.717) is 12.1 Å². The quantitative estimate of drug-likeness (QED) is 0.888. The second-order valence-electron chi connectivity index (χ2n) is 5.86. The smallest absolute Gasteiger partial charge is 0.255 e. The predicted molar refractivity (Wildman–Crippen MR) is 85.6 cm³/mol. The summed E-state index contributed by atoms with van der Waals surface area (Å²) < 4.78 is 0. The van der Waals surface area contributed by atoms with Gasteiger partial charge in [0, 0.05) is 25.8 Å². The molecule has 2 heterocycles. The van der Waals surface area contributed by atoms with Crippen LogP contribution in [-0.4, -0.2) is 47.9 Å². The number of amides is 2. The third-order valence-electron chi connectivity index (χ3n) is 4.12. The second kappa shape index (κ2) is 7.24. The van der Waals surface area contributed by atoms with Crippen molar-refractivity contribution in [2.45, 2.75) is 26.7 Å². The number of carbonyl (C=O) groups excluding carboxylic acids is 2. The first-order chi connectivity index (χ1) is 10.5. The average molecular weight is 304 g/mol. The topological polar surface area (TPSA) is 79.5 Å². The Hall–Kier alpha value is -2.11. The number of anilines is 1. The van der Waals surface area contributed by atoms with Gasteiger partial charge in [-0.15, -0.1) is 0 Å². The van der Waals surface area contributed by atoms with Crippen molar-refractivity contribution in [2.24, 2.45) is 11.7 Å².